The van der Waals surface area contributed by atoms with Gasteiger partial charge in [0.25, 0.3) is 15.9 Å². The number of halogens is 1. The van der Waals surface area contributed by atoms with Crippen LogP contribution in [0.15, 0.2) is 77.7 Å². The summed E-state index contributed by atoms with van der Waals surface area (Å²) in [7, 11) is -3.97. The van der Waals surface area contributed by atoms with Gasteiger partial charge in [0, 0.05) is 24.3 Å². The van der Waals surface area contributed by atoms with Gasteiger partial charge in [0.15, 0.2) is 0 Å². The molecule has 1 amide bonds. The Balaban J connectivity index is 1.70. The van der Waals surface area contributed by atoms with Crippen LogP contribution in [0.3, 0.4) is 0 Å². The van der Waals surface area contributed by atoms with Gasteiger partial charge >= 0.3 is 0 Å². The molecule has 8 heteroatoms. The van der Waals surface area contributed by atoms with Crippen LogP contribution < -0.4 is 14.9 Å². The van der Waals surface area contributed by atoms with Gasteiger partial charge in [-0.1, -0.05) is 41.9 Å². The summed E-state index contributed by atoms with van der Waals surface area (Å²) < 4.78 is 29.4. The van der Waals surface area contributed by atoms with E-state index in [1.807, 2.05) is 6.07 Å². The molecule has 1 aliphatic rings. The van der Waals surface area contributed by atoms with E-state index in [-0.39, 0.29) is 10.8 Å². The highest BCUT2D eigenvalue weighted by atomic mass is 35.5. The minimum absolute atomic E-state index is 0.102. The zero-order valence-corrected chi connectivity index (χ0v) is 19.0. The lowest BCUT2D eigenvalue weighted by atomic mass is 10.1. The molecule has 0 aromatic heterocycles. The summed E-state index contributed by atoms with van der Waals surface area (Å²) in [6.07, 6.45) is 3.13. The van der Waals surface area contributed by atoms with E-state index in [1.165, 1.54) is 6.07 Å². The Labute approximate surface area is 193 Å². The summed E-state index contributed by atoms with van der Waals surface area (Å²) in [6.45, 7) is 1.56. The first-order chi connectivity index (χ1) is 15.4. The first-order valence-corrected chi connectivity index (χ1v) is 12.3. The Morgan fingerprint density at radius 3 is 2.28 bits per heavy atom. The van der Waals surface area contributed by atoms with Gasteiger partial charge in [-0.2, -0.15) is 0 Å². The molecule has 32 heavy (non-hydrogen) atoms. The smallest absolute Gasteiger partial charge is 0.264 e. The van der Waals surface area contributed by atoms with Crippen LogP contribution >= 0.6 is 11.6 Å². The lowest BCUT2D eigenvalue weighted by Gasteiger charge is -2.30. The number of sulfonamides is 1. The monoisotopic (exact) mass is 469 g/mol. The summed E-state index contributed by atoms with van der Waals surface area (Å²) in [6, 6.07) is 20.5. The molecule has 0 radical (unpaired) electrons. The van der Waals surface area contributed by atoms with Crippen molar-refractivity contribution in [1.82, 2.24) is 0 Å². The number of nitrogens with zero attached hydrogens (tertiary/aromatic N) is 1. The second-order valence-electron chi connectivity index (χ2n) is 7.64. The first-order valence-electron chi connectivity index (χ1n) is 10.5. The van der Waals surface area contributed by atoms with Crippen LogP contribution in [0.1, 0.15) is 29.6 Å². The standard InChI is InChI=1S/C24H24ClN3O3S/c25-20-11-5-6-12-21(20)27-32(30,31)23-17-19(26-24(29)18-9-3-1-4-10-18)13-14-22(23)28-15-7-2-8-16-28/h1,3-6,9-14,17,27H,2,7-8,15-16H2,(H,26,29). The minimum Gasteiger partial charge on any atom is -0.370 e. The molecule has 1 aliphatic heterocycles. The highest BCUT2D eigenvalue weighted by Gasteiger charge is 2.25. The molecule has 1 heterocycles. The number of anilines is 3. The first kappa shape index (κ1) is 22.2. The fraction of sp³-hybridized carbons (Fsp3) is 0.208. The number of piperidine rings is 1. The fourth-order valence-electron chi connectivity index (χ4n) is 3.74. The molecule has 0 aliphatic carbocycles. The zero-order chi connectivity index (χ0) is 22.6. The van der Waals surface area contributed by atoms with E-state index >= 15 is 0 Å². The summed E-state index contributed by atoms with van der Waals surface area (Å²) in [4.78, 5) is 14.8. The van der Waals surface area contributed by atoms with Crippen molar-refractivity contribution in [2.75, 3.05) is 28.0 Å². The molecule has 6 nitrogen and oxygen atoms in total. The van der Waals surface area contributed by atoms with E-state index < -0.39 is 10.0 Å². The number of benzene rings is 3. The summed E-state index contributed by atoms with van der Waals surface area (Å²) in [5.74, 6) is -0.307. The lowest BCUT2D eigenvalue weighted by molar-refractivity contribution is 0.102. The molecule has 0 bridgehead atoms. The van der Waals surface area contributed by atoms with Crippen molar-refractivity contribution in [3.63, 3.8) is 0 Å². The van der Waals surface area contributed by atoms with E-state index in [9.17, 15) is 13.2 Å². The second kappa shape index (κ2) is 9.63. The number of hydrogen-bond acceptors (Lipinski definition) is 4. The quantitative estimate of drug-likeness (QED) is 0.507. The molecule has 3 aromatic rings. The van der Waals surface area contributed by atoms with Crippen LogP contribution in [0.25, 0.3) is 0 Å². The van der Waals surface area contributed by atoms with Gasteiger partial charge in [0.2, 0.25) is 0 Å². The molecule has 0 saturated carbocycles. The fourth-order valence-corrected chi connectivity index (χ4v) is 5.31. The Morgan fingerprint density at radius 1 is 0.875 bits per heavy atom. The van der Waals surface area contributed by atoms with Crippen LogP contribution in [0.4, 0.5) is 17.1 Å². The molecule has 0 spiro atoms. The zero-order valence-electron chi connectivity index (χ0n) is 17.4. The van der Waals surface area contributed by atoms with Crippen LogP contribution in [0.2, 0.25) is 5.02 Å². The molecule has 0 atom stereocenters. The van der Waals surface area contributed by atoms with Gasteiger partial charge in [0.1, 0.15) is 4.90 Å². The maximum Gasteiger partial charge on any atom is 0.264 e. The van der Waals surface area contributed by atoms with Crippen molar-refractivity contribution < 1.29 is 13.2 Å². The van der Waals surface area contributed by atoms with Crippen molar-refractivity contribution in [1.29, 1.82) is 0 Å². The van der Waals surface area contributed by atoms with Gasteiger partial charge < -0.3 is 10.2 Å². The highest BCUT2D eigenvalue weighted by molar-refractivity contribution is 7.93. The molecule has 1 saturated heterocycles. The minimum atomic E-state index is -3.97. The van der Waals surface area contributed by atoms with Crippen molar-refractivity contribution in [3.8, 4) is 0 Å². The predicted molar refractivity (Wildman–Crippen MR) is 129 cm³/mol. The average Bonchev–Trinajstić information content (AvgIpc) is 2.81. The van der Waals surface area contributed by atoms with Gasteiger partial charge in [-0.3, -0.25) is 9.52 Å². The van der Waals surface area contributed by atoms with E-state index in [1.54, 1.807) is 60.7 Å². The third-order valence-corrected chi connectivity index (χ3v) is 7.08. The van der Waals surface area contributed by atoms with Gasteiger partial charge in [-0.25, -0.2) is 8.42 Å². The highest BCUT2D eigenvalue weighted by Crippen LogP contribution is 2.33. The number of hydrogen-bond donors (Lipinski definition) is 2. The second-order valence-corrected chi connectivity index (χ2v) is 9.69. The summed E-state index contributed by atoms with van der Waals surface area (Å²) in [5.41, 5.74) is 1.81. The molecule has 3 aromatic carbocycles. The molecule has 166 valence electrons. The van der Waals surface area contributed by atoms with Crippen molar-refractivity contribution in [2.24, 2.45) is 0 Å². The Bertz CT molecular complexity index is 1210. The SMILES string of the molecule is O=C(Nc1ccc(N2CCCCC2)c(S(=O)(=O)Nc2ccccc2Cl)c1)c1ccccc1. The molecule has 2 N–H and O–H groups in total. The number of carbonyl (C=O) groups excluding carboxylic acids is 1. The third kappa shape index (κ3) is 5.06. The van der Waals surface area contributed by atoms with Crippen LogP contribution in [0.5, 0.6) is 0 Å². The van der Waals surface area contributed by atoms with Crippen molar-refractivity contribution >= 4 is 44.6 Å². The van der Waals surface area contributed by atoms with E-state index in [2.05, 4.69) is 14.9 Å². The number of carbonyl (C=O) groups is 1. The predicted octanol–water partition coefficient (Wildman–Crippen LogP) is 5.38. The Kier molecular flexibility index (Phi) is 6.67. The maximum atomic E-state index is 13.4. The van der Waals surface area contributed by atoms with Gasteiger partial charge in [-0.05, 0) is 61.7 Å². The lowest BCUT2D eigenvalue weighted by Crippen LogP contribution is -2.31. The molecule has 4 rings (SSSR count). The van der Waals surface area contributed by atoms with E-state index in [0.717, 1.165) is 32.4 Å². The normalized spacial score (nSPS) is 14.1. The van der Waals surface area contributed by atoms with Gasteiger partial charge in [0.05, 0.1) is 16.4 Å². The third-order valence-electron chi connectivity index (χ3n) is 5.36. The number of amides is 1. The summed E-state index contributed by atoms with van der Waals surface area (Å²) >= 11 is 6.18. The number of rotatable bonds is 6. The maximum absolute atomic E-state index is 13.4. The van der Waals surface area contributed by atoms with Crippen LogP contribution in [-0.4, -0.2) is 27.4 Å². The topological polar surface area (TPSA) is 78.5 Å². The molecular weight excluding hydrogens is 446 g/mol. The van der Waals surface area contributed by atoms with E-state index in [0.29, 0.717) is 27.6 Å². The Hall–Kier alpha value is -3.03. The average molecular weight is 470 g/mol. The number of nitrogens with one attached hydrogen (secondary N) is 2. The molecule has 1 fully saturated rings. The largest absolute Gasteiger partial charge is 0.370 e. The summed E-state index contributed by atoms with van der Waals surface area (Å²) in [5, 5.41) is 3.11. The van der Waals surface area contributed by atoms with Gasteiger partial charge in [-0.15, -0.1) is 0 Å². The number of para-hydroxylation sites is 1. The van der Waals surface area contributed by atoms with Crippen molar-refractivity contribution in [3.05, 3.63) is 83.4 Å². The Morgan fingerprint density at radius 2 is 1.56 bits per heavy atom. The van der Waals surface area contributed by atoms with E-state index in [4.69, 9.17) is 11.6 Å². The molecule has 0 unspecified atom stereocenters. The van der Waals surface area contributed by atoms with Crippen molar-refractivity contribution in [2.45, 2.75) is 24.2 Å². The van der Waals surface area contributed by atoms with Crippen LogP contribution in [0, 0.1) is 0 Å². The molecular formula is C24H24ClN3O3S. The van der Waals surface area contributed by atoms with Crippen LogP contribution in [-0.2, 0) is 10.0 Å².